The van der Waals surface area contributed by atoms with Crippen molar-refractivity contribution in [1.29, 1.82) is 0 Å². The second-order valence-corrected chi connectivity index (χ2v) is 7.69. The molecule has 3 aromatic rings. The summed E-state index contributed by atoms with van der Waals surface area (Å²) in [7, 11) is 0. The van der Waals surface area contributed by atoms with Crippen molar-refractivity contribution in [2.24, 2.45) is 4.99 Å². The standard InChI is InChI=1S/C15H10BrN3O3S2/c1-2-7-18-10-4-3-9(16)8-12(10)24-15(18)17-14(20)11-5-6-13(23-11)19(21)22/h2-6,8H,1,7H2. The lowest BCUT2D eigenvalue weighted by Crippen LogP contribution is -2.15. The number of carbonyl (C=O) groups excluding carboxylic acids is 1. The molecule has 9 heteroatoms. The fraction of sp³-hybridized carbons (Fsp3) is 0.0667. The normalized spacial score (nSPS) is 11.8. The summed E-state index contributed by atoms with van der Waals surface area (Å²) in [5, 5.41) is 10.7. The SMILES string of the molecule is C=CCn1c(=NC(=O)c2ccc([N+](=O)[O-])s2)sc2cc(Br)ccc21. The molecule has 3 rings (SSSR count). The molecular formula is C15H10BrN3O3S2. The minimum absolute atomic E-state index is 0.0761. The van der Waals surface area contributed by atoms with Gasteiger partial charge >= 0.3 is 5.00 Å². The highest BCUT2D eigenvalue weighted by atomic mass is 79.9. The van der Waals surface area contributed by atoms with Crippen molar-refractivity contribution in [3.63, 3.8) is 0 Å². The number of hydrogen-bond acceptors (Lipinski definition) is 5. The molecule has 0 aliphatic carbocycles. The first-order valence-corrected chi connectivity index (χ1v) is 9.15. The predicted molar refractivity (Wildman–Crippen MR) is 98.6 cm³/mol. The summed E-state index contributed by atoms with van der Waals surface area (Å²) in [5.74, 6) is -0.489. The molecule has 122 valence electrons. The molecule has 0 spiro atoms. The van der Waals surface area contributed by atoms with Gasteiger partial charge < -0.3 is 4.57 Å². The molecule has 0 aliphatic rings. The van der Waals surface area contributed by atoms with E-state index in [4.69, 9.17) is 0 Å². The highest BCUT2D eigenvalue weighted by Crippen LogP contribution is 2.25. The van der Waals surface area contributed by atoms with Crippen molar-refractivity contribution in [3.8, 4) is 0 Å². The van der Waals surface area contributed by atoms with Crippen LogP contribution in [0, 0.1) is 10.1 Å². The number of nitrogens with zero attached hydrogens (tertiary/aromatic N) is 3. The summed E-state index contributed by atoms with van der Waals surface area (Å²) >= 11 is 5.63. The number of rotatable bonds is 4. The van der Waals surface area contributed by atoms with Crippen LogP contribution in [0.3, 0.4) is 0 Å². The van der Waals surface area contributed by atoms with Gasteiger partial charge in [-0.05, 0) is 24.3 Å². The minimum atomic E-state index is -0.518. The molecule has 2 heterocycles. The Kier molecular flexibility index (Phi) is 4.74. The molecule has 0 atom stereocenters. The minimum Gasteiger partial charge on any atom is -0.312 e. The molecule has 2 aromatic heterocycles. The quantitative estimate of drug-likeness (QED) is 0.355. The number of benzene rings is 1. The summed E-state index contributed by atoms with van der Waals surface area (Å²) < 4.78 is 3.81. The maximum atomic E-state index is 12.3. The average Bonchev–Trinajstić information content (AvgIpc) is 3.13. The first-order chi connectivity index (χ1) is 11.5. The monoisotopic (exact) mass is 423 g/mol. The van der Waals surface area contributed by atoms with Gasteiger partial charge in [0, 0.05) is 17.1 Å². The molecule has 0 aliphatic heterocycles. The number of amides is 1. The number of carbonyl (C=O) groups is 1. The van der Waals surface area contributed by atoms with Crippen LogP contribution in [0.15, 0.2) is 52.5 Å². The van der Waals surface area contributed by atoms with Gasteiger partial charge in [-0.2, -0.15) is 4.99 Å². The second-order valence-electron chi connectivity index (χ2n) is 4.71. The number of allylic oxidation sites excluding steroid dienone is 1. The molecule has 0 fully saturated rings. The van der Waals surface area contributed by atoms with Crippen LogP contribution in [-0.4, -0.2) is 15.4 Å². The van der Waals surface area contributed by atoms with Crippen LogP contribution in [0.2, 0.25) is 0 Å². The van der Waals surface area contributed by atoms with Gasteiger partial charge in [0.25, 0.3) is 5.91 Å². The lowest BCUT2D eigenvalue weighted by molar-refractivity contribution is -0.380. The fourth-order valence-electron chi connectivity index (χ4n) is 2.12. The van der Waals surface area contributed by atoms with Crippen molar-refractivity contribution in [1.82, 2.24) is 4.57 Å². The first-order valence-electron chi connectivity index (χ1n) is 6.72. The van der Waals surface area contributed by atoms with Gasteiger partial charge in [-0.1, -0.05) is 44.7 Å². The van der Waals surface area contributed by atoms with E-state index < -0.39 is 10.8 Å². The molecule has 1 aromatic carbocycles. The summed E-state index contributed by atoms with van der Waals surface area (Å²) in [4.78, 5) is 27.5. The van der Waals surface area contributed by atoms with Crippen LogP contribution in [-0.2, 0) is 6.54 Å². The van der Waals surface area contributed by atoms with E-state index in [1.54, 1.807) is 6.08 Å². The van der Waals surface area contributed by atoms with Crippen LogP contribution in [0.1, 0.15) is 9.67 Å². The van der Waals surface area contributed by atoms with E-state index in [1.165, 1.54) is 23.5 Å². The number of aromatic nitrogens is 1. The van der Waals surface area contributed by atoms with E-state index in [0.29, 0.717) is 11.3 Å². The van der Waals surface area contributed by atoms with Crippen LogP contribution < -0.4 is 4.80 Å². The zero-order valence-electron chi connectivity index (χ0n) is 12.1. The summed E-state index contributed by atoms with van der Waals surface area (Å²) in [6.07, 6.45) is 1.73. The maximum Gasteiger partial charge on any atom is 0.324 e. The van der Waals surface area contributed by atoms with Crippen LogP contribution in [0.5, 0.6) is 0 Å². The Morgan fingerprint density at radius 2 is 2.17 bits per heavy atom. The Hall–Kier alpha value is -2.10. The molecule has 6 nitrogen and oxygen atoms in total. The summed E-state index contributed by atoms with van der Waals surface area (Å²) in [5.41, 5.74) is 0.951. The molecule has 24 heavy (non-hydrogen) atoms. The third-order valence-electron chi connectivity index (χ3n) is 3.14. The number of hydrogen-bond donors (Lipinski definition) is 0. The molecular weight excluding hydrogens is 414 g/mol. The fourth-order valence-corrected chi connectivity index (χ4v) is 4.42. The van der Waals surface area contributed by atoms with Gasteiger partial charge in [-0.3, -0.25) is 14.9 Å². The Morgan fingerprint density at radius 3 is 2.83 bits per heavy atom. The highest BCUT2D eigenvalue weighted by Gasteiger charge is 2.15. The lowest BCUT2D eigenvalue weighted by atomic mass is 10.3. The molecule has 1 amide bonds. The Morgan fingerprint density at radius 1 is 1.38 bits per heavy atom. The van der Waals surface area contributed by atoms with Gasteiger partial charge in [-0.25, -0.2) is 0 Å². The number of nitro groups is 1. The van der Waals surface area contributed by atoms with Crippen molar-refractivity contribution in [3.05, 3.63) is 67.3 Å². The number of halogens is 1. The number of fused-ring (bicyclic) bond motifs is 1. The molecule has 0 bridgehead atoms. The Bertz CT molecular complexity index is 1030. The van der Waals surface area contributed by atoms with E-state index in [2.05, 4.69) is 27.5 Å². The Balaban J connectivity index is 2.10. The van der Waals surface area contributed by atoms with Crippen LogP contribution in [0.4, 0.5) is 5.00 Å². The smallest absolute Gasteiger partial charge is 0.312 e. The van der Waals surface area contributed by atoms with Crippen LogP contribution in [0.25, 0.3) is 10.2 Å². The van der Waals surface area contributed by atoms with Gasteiger partial charge in [0.15, 0.2) is 4.80 Å². The van der Waals surface area contributed by atoms with Gasteiger partial charge in [0.1, 0.15) is 4.88 Å². The summed E-state index contributed by atoms with van der Waals surface area (Å²) in [6.45, 7) is 4.25. The van der Waals surface area contributed by atoms with Crippen LogP contribution >= 0.6 is 38.6 Å². The third kappa shape index (κ3) is 3.23. The topological polar surface area (TPSA) is 77.5 Å². The molecule has 0 saturated carbocycles. The lowest BCUT2D eigenvalue weighted by Gasteiger charge is -2.00. The molecule has 0 saturated heterocycles. The number of thiophene rings is 1. The van der Waals surface area contributed by atoms with E-state index in [1.807, 2.05) is 22.8 Å². The van der Waals surface area contributed by atoms with Crippen molar-refractivity contribution >= 4 is 59.7 Å². The van der Waals surface area contributed by atoms with Gasteiger partial charge in [0.2, 0.25) is 0 Å². The predicted octanol–water partition coefficient (Wildman–Crippen LogP) is 4.36. The van der Waals surface area contributed by atoms with E-state index >= 15 is 0 Å². The second kappa shape index (κ2) is 6.80. The summed E-state index contributed by atoms with van der Waals surface area (Å²) in [6, 6.07) is 8.56. The average molecular weight is 424 g/mol. The van der Waals surface area contributed by atoms with Crippen molar-refractivity contribution in [2.75, 3.05) is 0 Å². The highest BCUT2D eigenvalue weighted by molar-refractivity contribution is 9.10. The van der Waals surface area contributed by atoms with Gasteiger partial charge in [0.05, 0.1) is 15.1 Å². The molecule has 0 N–H and O–H groups in total. The first kappa shape index (κ1) is 16.7. The number of thiazole rings is 1. The van der Waals surface area contributed by atoms with E-state index in [-0.39, 0.29) is 9.88 Å². The maximum absolute atomic E-state index is 12.3. The zero-order valence-corrected chi connectivity index (χ0v) is 15.4. The largest absolute Gasteiger partial charge is 0.324 e. The third-order valence-corrected chi connectivity index (χ3v) is 5.70. The molecule has 0 radical (unpaired) electrons. The van der Waals surface area contributed by atoms with E-state index in [0.717, 1.165) is 26.0 Å². The van der Waals surface area contributed by atoms with Crippen molar-refractivity contribution in [2.45, 2.75) is 6.54 Å². The Labute approximate surface area is 152 Å². The van der Waals surface area contributed by atoms with E-state index in [9.17, 15) is 14.9 Å². The zero-order chi connectivity index (χ0) is 17.3. The van der Waals surface area contributed by atoms with Crippen molar-refractivity contribution < 1.29 is 9.72 Å². The molecule has 0 unspecified atom stereocenters. The van der Waals surface area contributed by atoms with Gasteiger partial charge in [-0.15, -0.1) is 6.58 Å².